The van der Waals surface area contributed by atoms with Crippen molar-refractivity contribution >= 4 is 11.6 Å². The van der Waals surface area contributed by atoms with Gasteiger partial charge in [-0.2, -0.15) is 5.10 Å². The highest BCUT2D eigenvalue weighted by atomic mass is 16.2. The molecule has 0 saturated heterocycles. The van der Waals surface area contributed by atoms with Crippen molar-refractivity contribution in [1.29, 1.82) is 0 Å². The van der Waals surface area contributed by atoms with Gasteiger partial charge in [-0.25, -0.2) is 10.5 Å². The summed E-state index contributed by atoms with van der Waals surface area (Å²) in [5.74, 6) is 5.29. The summed E-state index contributed by atoms with van der Waals surface area (Å²) in [5, 5.41) is 8.27. The lowest BCUT2D eigenvalue weighted by Crippen LogP contribution is -2.34. The summed E-state index contributed by atoms with van der Waals surface area (Å²) in [5.41, 5.74) is 7.33. The van der Waals surface area contributed by atoms with E-state index in [1.165, 1.54) is 17.4 Å². The summed E-state index contributed by atoms with van der Waals surface area (Å²) in [6.07, 6.45) is 7.77. The Hall–Kier alpha value is -2.87. The monoisotopic (exact) mass is 287 g/mol. The fraction of sp³-hybridized carbons (Fsp3) is 0.154. The number of carbonyl (C=O) groups excluding carboxylic acids is 1. The second-order valence-corrected chi connectivity index (χ2v) is 4.35. The fourth-order valence-corrected chi connectivity index (χ4v) is 1.72. The molecule has 1 amide bonds. The molecule has 8 heteroatoms. The van der Waals surface area contributed by atoms with Gasteiger partial charge < -0.3 is 16.1 Å². The Labute approximate surface area is 122 Å². The van der Waals surface area contributed by atoms with Gasteiger partial charge in [0.2, 0.25) is 5.91 Å². The van der Waals surface area contributed by atoms with Crippen LogP contribution in [0, 0.1) is 6.92 Å². The van der Waals surface area contributed by atoms with Gasteiger partial charge in [-0.1, -0.05) is 0 Å². The molecule has 110 valence electrons. The summed E-state index contributed by atoms with van der Waals surface area (Å²) in [4.78, 5) is 15.9. The van der Waals surface area contributed by atoms with Crippen molar-refractivity contribution in [3.8, 4) is 5.69 Å². The molecule has 0 aliphatic rings. The smallest absolute Gasteiger partial charge is 0.245 e. The third-order valence-corrected chi connectivity index (χ3v) is 2.69. The molecule has 0 unspecified atom stereocenters. The van der Waals surface area contributed by atoms with Crippen molar-refractivity contribution in [2.45, 2.75) is 6.92 Å². The lowest BCUT2D eigenvalue weighted by atomic mass is 10.4. The molecule has 8 nitrogen and oxygen atoms in total. The molecule has 0 fully saturated rings. The van der Waals surface area contributed by atoms with E-state index >= 15 is 0 Å². The lowest BCUT2D eigenvalue weighted by molar-refractivity contribution is -0.116. The van der Waals surface area contributed by atoms with Crippen molar-refractivity contribution < 1.29 is 4.79 Å². The van der Waals surface area contributed by atoms with Crippen LogP contribution in [0.25, 0.3) is 5.69 Å². The number of aryl methyl sites for hydroxylation is 1. The van der Waals surface area contributed by atoms with Gasteiger partial charge in [0.1, 0.15) is 6.54 Å². The van der Waals surface area contributed by atoms with Crippen molar-refractivity contribution in [3.05, 3.63) is 48.8 Å². The summed E-state index contributed by atoms with van der Waals surface area (Å²) in [7, 11) is 0. The first-order valence-corrected chi connectivity index (χ1v) is 6.26. The molecule has 5 N–H and O–H groups in total. The second kappa shape index (κ2) is 6.53. The van der Waals surface area contributed by atoms with Crippen LogP contribution in [0.1, 0.15) is 5.69 Å². The predicted octanol–water partition coefficient (Wildman–Crippen LogP) is 0.120. The first kappa shape index (κ1) is 14.5. The van der Waals surface area contributed by atoms with Crippen LogP contribution in [-0.4, -0.2) is 32.2 Å². The molecule has 0 radical (unpaired) electrons. The van der Waals surface area contributed by atoms with E-state index in [0.717, 1.165) is 5.69 Å². The van der Waals surface area contributed by atoms with Crippen molar-refractivity contribution in [3.63, 3.8) is 0 Å². The van der Waals surface area contributed by atoms with E-state index in [9.17, 15) is 4.79 Å². The van der Waals surface area contributed by atoms with Gasteiger partial charge in [-0.15, -0.1) is 0 Å². The first-order valence-electron chi connectivity index (χ1n) is 6.26. The highest BCUT2D eigenvalue weighted by molar-refractivity contribution is 5.92. The van der Waals surface area contributed by atoms with Crippen LogP contribution in [0.2, 0.25) is 0 Å². The standard InChI is InChI=1S/C13H17N7O/c1-10-12(17-13(21)9-19(15)6-4-14)8-20(18-10)11-3-2-5-16-7-11/h2-8H,9,14-15H2,1H3,(H,17,21)/b6-4-. The minimum atomic E-state index is -0.260. The number of hydrogen-bond acceptors (Lipinski definition) is 6. The minimum absolute atomic E-state index is 0.00872. The molecule has 2 aromatic heterocycles. The maximum Gasteiger partial charge on any atom is 0.245 e. The van der Waals surface area contributed by atoms with Gasteiger partial charge in [0.15, 0.2) is 0 Å². The van der Waals surface area contributed by atoms with E-state index in [2.05, 4.69) is 15.4 Å². The predicted molar refractivity (Wildman–Crippen MR) is 78.9 cm³/mol. The molecule has 0 atom stereocenters. The Balaban J connectivity index is 2.08. The van der Waals surface area contributed by atoms with E-state index in [-0.39, 0.29) is 12.5 Å². The zero-order valence-electron chi connectivity index (χ0n) is 11.6. The zero-order valence-corrected chi connectivity index (χ0v) is 11.6. The van der Waals surface area contributed by atoms with Gasteiger partial charge in [0, 0.05) is 18.6 Å². The summed E-state index contributed by atoms with van der Waals surface area (Å²) in [6, 6.07) is 3.69. The van der Waals surface area contributed by atoms with E-state index in [4.69, 9.17) is 11.6 Å². The van der Waals surface area contributed by atoms with Gasteiger partial charge >= 0.3 is 0 Å². The highest BCUT2D eigenvalue weighted by Crippen LogP contribution is 2.15. The summed E-state index contributed by atoms with van der Waals surface area (Å²) >= 11 is 0. The highest BCUT2D eigenvalue weighted by Gasteiger charge is 2.10. The van der Waals surface area contributed by atoms with Crippen molar-refractivity contribution in [2.24, 2.45) is 11.6 Å². The number of nitrogens with two attached hydrogens (primary N) is 2. The van der Waals surface area contributed by atoms with Gasteiger partial charge in [0.05, 0.1) is 29.5 Å². The molecule has 0 aromatic carbocycles. The van der Waals surface area contributed by atoms with Crippen LogP contribution in [0.15, 0.2) is 43.1 Å². The van der Waals surface area contributed by atoms with Crippen LogP contribution in [0.4, 0.5) is 5.69 Å². The van der Waals surface area contributed by atoms with Crippen LogP contribution >= 0.6 is 0 Å². The minimum Gasteiger partial charge on any atom is -0.403 e. The molecule has 21 heavy (non-hydrogen) atoms. The average Bonchev–Trinajstić information content (AvgIpc) is 2.81. The number of anilines is 1. The van der Waals surface area contributed by atoms with Gasteiger partial charge in [-0.3, -0.25) is 9.78 Å². The molecule has 0 saturated carbocycles. The normalized spacial score (nSPS) is 10.8. The SMILES string of the molecule is Cc1nn(-c2cccnc2)cc1NC(=O)CN(N)/C=C\N. The number of nitrogens with one attached hydrogen (secondary N) is 1. The molecule has 0 bridgehead atoms. The summed E-state index contributed by atoms with van der Waals surface area (Å²) < 4.78 is 1.65. The molecule has 0 aliphatic carbocycles. The third-order valence-electron chi connectivity index (χ3n) is 2.69. The van der Waals surface area contributed by atoms with E-state index in [0.29, 0.717) is 11.4 Å². The van der Waals surface area contributed by atoms with Gasteiger partial charge in [-0.05, 0) is 19.1 Å². The zero-order chi connectivity index (χ0) is 15.2. The molecule has 0 spiro atoms. The quantitative estimate of drug-likeness (QED) is 0.531. The first-order chi connectivity index (χ1) is 10.1. The number of nitrogens with zero attached hydrogens (tertiary/aromatic N) is 4. The number of pyridine rings is 1. The Morgan fingerprint density at radius 3 is 3.05 bits per heavy atom. The third kappa shape index (κ3) is 3.80. The Bertz CT molecular complexity index is 635. The molecule has 2 heterocycles. The Morgan fingerprint density at radius 1 is 1.57 bits per heavy atom. The fourth-order valence-electron chi connectivity index (χ4n) is 1.72. The van der Waals surface area contributed by atoms with E-state index in [1.807, 2.05) is 19.1 Å². The number of aromatic nitrogens is 3. The second-order valence-electron chi connectivity index (χ2n) is 4.35. The van der Waals surface area contributed by atoms with Crippen molar-refractivity contribution in [2.75, 3.05) is 11.9 Å². The number of hydrogen-bond donors (Lipinski definition) is 3. The molecule has 2 rings (SSSR count). The number of rotatable bonds is 5. The van der Waals surface area contributed by atoms with Crippen LogP contribution < -0.4 is 16.9 Å². The van der Waals surface area contributed by atoms with Crippen LogP contribution in [-0.2, 0) is 4.79 Å². The Morgan fingerprint density at radius 2 is 2.38 bits per heavy atom. The van der Waals surface area contributed by atoms with E-state index in [1.54, 1.807) is 23.3 Å². The molecular formula is C13H17N7O. The molecule has 2 aromatic rings. The van der Waals surface area contributed by atoms with Gasteiger partial charge in [0.25, 0.3) is 0 Å². The lowest BCUT2D eigenvalue weighted by Gasteiger charge is -2.12. The topological polar surface area (TPSA) is 115 Å². The van der Waals surface area contributed by atoms with E-state index < -0.39 is 0 Å². The van der Waals surface area contributed by atoms with Crippen LogP contribution in [0.3, 0.4) is 0 Å². The van der Waals surface area contributed by atoms with Crippen LogP contribution in [0.5, 0.6) is 0 Å². The number of carbonyl (C=O) groups is 1. The largest absolute Gasteiger partial charge is 0.403 e. The maximum absolute atomic E-state index is 11.8. The average molecular weight is 287 g/mol. The number of amides is 1. The molecule has 0 aliphatic heterocycles. The van der Waals surface area contributed by atoms with Crippen molar-refractivity contribution in [1.82, 2.24) is 19.8 Å². The molecular weight excluding hydrogens is 270 g/mol. The summed E-state index contributed by atoms with van der Waals surface area (Å²) in [6.45, 7) is 1.80. The maximum atomic E-state index is 11.8. The number of hydrazine groups is 1. The Kier molecular flexibility index (Phi) is 4.52.